The molecule has 9 aliphatic rings. The summed E-state index contributed by atoms with van der Waals surface area (Å²) < 4.78 is 17.0. The van der Waals surface area contributed by atoms with Crippen LogP contribution in [0.25, 0.3) is 38.3 Å². The first-order chi connectivity index (χ1) is 39.1. The Morgan fingerprint density at radius 2 is 1.74 bits per heavy atom. The quantitative estimate of drug-likeness (QED) is 0.0620. The first-order valence-electron chi connectivity index (χ1n) is 29.2. The molecule has 3 spiro atoms. The van der Waals surface area contributed by atoms with Crippen molar-refractivity contribution in [3.63, 3.8) is 0 Å². The molecule has 5 fully saturated rings. The van der Waals surface area contributed by atoms with Crippen LogP contribution >= 0.6 is 0 Å². The molecule has 10 N–H and O–H groups in total. The number of aromatic hydroxyl groups is 2. The third-order valence-electron chi connectivity index (χ3n) is 21.2. The number of carbonyl (C=O) groups is 1. The van der Waals surface area contributed by atoms with Crippen LogP contribution in [0.2, 0.25) is 0 Å². The highest BCUT2D eigenvalue weighted by molar-refractivity contribution is 5.93. The molecule has 17 nitrogen and oxygen atoms in total. The molecular weight excluding hydrogens is 1030 g/mol. The lowest BCUT2D eigenvalue weighted by atomic mass is 9.42. The first-order valence-corrected chi connectivity index (χ1v) is 29.2. The van der Waals surface area contributed by atoms with Crippen molar-refractivity contribution < 1.29 is 59.5 Å². The predicted molar refractivity (Wildman–Crippen MR) is 298 cm³/mol. The van der Waals surface area contributed by atoms with Crippen molar-refractivity contribution in [3.05, 3.63) is 93.7 Å². The van der Waals surface area contributed by atoms with Crippen LogP contribution < -0.4 is 20.8 Å². The van der Waals surface area contributed by atoms with Crippen molar-refractivity contribution in [3.8, 4) is 46.6 Å². The van der Waals surface area contributed by atoms with E-state index < -0.39 is 65.6 Å². The maximum absolute atomic E-state index is 14.7. The smallest absolute Gasteiger partial charge is 0.226 e. The monoisotopic (exact) mass is 1100 g/mol. The second-order valence-electron chi connectivity index (χ2n) is 25.2. The van der Waals surface area contributed by atoms with Crippen LogP contribution in [0, 0.1) is 76.9 Å². The molecule has 3 aromatic heterocycles. The van der Waals surface area contributed by atoms with Gasteiger partial charge in [0.15, 0.2) is 22.9 Å². The predicted octanol–water partition coefficient (Wildman–Crippen LogP) is 5.66. The average Bonchev–Trinajstić information content (AvgIpc) is 4.33. The lowest BCUT2D eigenvalue weighted by Crippen LogP contribution is -2.73. The number of rotatable bonds is 9. The van der Waals surface area contributed by atoms with Gasteiger partial charge in [0.1, 0.15) is 58.6 Å². The van der Waals surface area contributed by atoms with Gasteiger partial charge in [-0.1, -0.05) is 24.8 Å². The van der Waals surface area contributed by atoms with E-state index >= 15 is 0 Å². The molecule has 2 saturated heterocycles. The van der Waals surface area contributed by atoms with E-state index in [-0.39, 0.29) is 64.9 Å². The molecule has 15 rings (SSSR count). The minimum absolute atomic E-state index is 0.00196. The molecule has 14 atom stereocenters. The van der Waals surface area contributed by atoms with Gasteiger partial charge >= 0.3 is 0 Å². The van der Waals surface area contributed by atoms with Gasteiger partial charge < -0.3 is 65.1 Å². The molecule has 7 bridgehead atoms. The number of amides is 1. The topological polar surface area (TPSA) is 261 Å². The van der Waals surface area contributed by atoms with Gasteiger partial charge in [-0.25, -0.2) is 9.78 Å². The number of nitrogens with one attached hydrogen (secondary N) is 3. The van der Waals surface area contributed by atoms with Crippen molar-refractivity contribution in [2.75, 3.05) is 19.7 Å². The van der Waals surface area contributed by atoms with Crippen molar-refractivity contribution in [2.24, 2.45) is 46.3 Å². The fraction of sp³-hybridized carbons (Fsp3) is 0.531. The second-order valence-corrected chi connectivity index (χ2v) is 25.2. The number of ether oxygens (including phenoxy) is 1. The SMILES string of the molecule is CCc1c2cc[nH]c2cn1-c1c2c(cc3c(=O)cc(C)oc13)CC1OOC(C(O)(Cc3ccc(O)c4ccc(O)cc34)C(O)C(O)C(O)CO)C#CCC3CCNC4C3CC35C#CCC6CCC7(CC6)C(=O)NCC7C3CC1(O2)C4C5. The number of aliphatic hydroxyl groups excluding tert-OH is 4. The fourth-order valence-electron chi connectivity index (χ4n) is 17.2. The molecule has 3 saturated carbocycles. The Balaban J connectivity index is 1.01. The van der Waals surface area contributed by atoms with Gasteiger partial charge in [0.2, 0.25) is 5.91 Å². The first kappa shape index (κ1) is 52.7. The molecule has 14 unspecified atom stereocenters. The number of piperidine rings is 1. The summed E-state index contributed by atoms with van der Waals surface area (Å²) in [7, 11) is 0. The summed E-state index contributed by atoms with van der Waals surface area (Å²) in [5.74, 6) is 15.0. The fourth-order valence-corrected chi connectivity index (χ4v) is 17.2. The van der Waals surface area contributed by atoms with Crippen LogP contribution in [0.3, 0.4) is 0 Å². The van der Waals surface area contributed by atoms with E-state index in [0.29, 0.717) is 94.8 Å². The number of hydrogen-bond acceptors (Lipinski definition) is 14. The number of fused-ring (bicyclic) bond motifs is 7. The lowest BCUT2D eigenvalue weighted by molar-refractivity contribution is -0.398. The second kappa shape index (κ2) is 19.4. The zero-order chi connectivity index (χ0) is 55.9. The minimum Gasteiger partial charge on any atom is -0.508 e. The van der Waals surface area contributed by atoms with E-state index in [1.165, 1.54) is 36.4 Å². The van der Waals surface area contributed by atoms with Gasteiger partial charge in [-0.15, -0.1) is 11.8 Å². The molecule has 0 radical (unpaired) electrons. The summed E-state index contributed by atoms with van der Waals surface area (Å²) >= 11 is 0. The molecule has 5 aliphatic carbocycles. The van der Waals surface area contributed by atoms with E-state index in [0.717, 1.165) is 61.5 Å². The molecular formula is C64H70N4O13. The zero-order valence-corrected chi connectivity index (χ0v) is 45.5. The normalized spacial score (nSPS) is 33.8. The molecule has 4 aliphatic heterocycles. The number of hydrogen-bond donors (Lipinski definition) is 10. The van der Waals surface area contributed by atoms with Crippen LogP contribution in [-0.2, 0) is 33.8 Å². The summed E-state index contributed by atoms with van der Waals surface area (Å²) in [6.07, 6.45) is 2.05. The Labute approximate surface area is 467 Å². The standard InChI is InChI=1S/C64H70N4O13/c1-3-48-40-16-21-65-47(40)31-68(48)55-57-37(23-42-50(72)22-33(2)78-58(42)55)24-53-64(79-57)29-44-46-30-67-60(76)62(46)18-13-34(14-19-62)6-5-17-61(44)27-43-35(15-20-66-54(43)45(64)28-61)7-4-8-52(80-81-53)63(77,59(75)56(74)51(73)32-69)26-36-9-12-49(71)39-11-10-38(70)25-41(36)39/h9-12,16,21-23,25,31,34-35,43-46,51-54,56,59,65-66,69-71,73-75,77H,3,6-7,13-15,18-20,24,26-30,32H2,1-2H3,(H,67,76). The Hall–Kier alpha value is -6.38. The number of phenols is 2. The van der Waals surface area contributed by atoms with Crippen molar-refractivity contribution >= 4 is 38.6 Å². The van der Waals surface area contributed by atoms with Crippen LogP contribution in [0.4, 0.5) is 0 Å². The van der Waals surface area contributed by atoms with Gasteiger partial charge in [-0.05, 0) is 148 Å². The Bertz CT molecular complexity index is 3720. The van der Waals surface area contributed by atoms with Crippen LogP contribution in [0.15, 0.2) is 70.1 Å². The maximum Gasteiger partial charge on any atom is 0.226 e. The van der Waals surface area contributed by atoms with E-state index in [9.17, 15) is 45.3 Å². The number of benzene rings is 3. The highest BCUT2D eigenvalue weighted by Crippen LogP contribution is 2.68. The number of aliphatic hydroxyl groups is 5. The number of carbonyl (C=O) groups excluding carboxylic acids is 1. The summed E-state index contributed by atoms with van der Waals surface area (Å²) in [5, 5.41) is 89.8. The number of aromatic nitrogens is 2. The van der Waals surface area contributed by atoms with E-state index in [4.69, 9.17) is 18.9 Å². The van der Waals surface area contributed by atoms with Crippen molar-refractivity contribution in [1.29, 1.82) is 0 Å². The molecule has 81 heavy (non-hydrogen) atoms. The summed E-state index contributed by atoms with van der Waals surface area (Å²) in [5.41, 5.74) is -1.56. The summed E-state index contributed by atoms with van der Waals surface area (Å²) in [6.45, 7) is 4.08. The van der Waals surface area contributed by atoms with Gasteiger partial charge in [0.05, 0.1) is 22.9 Å². The van der Waals surface area contributed by atoms with Crippen LogP contribution in [0.1, 0.15) is 93.7 Å². The Morgan fingerprint density at radius 3 is 2.56 bits per heavy atom. The molecule has 1 amide bonds. The number of H-pyrrole nitrogens is 1. The third kappa shape index (κ3) is 7.97. The lowest BCUT2D eigenvalue weighted by Gasteiger charge is -2.66. The molecule has 17 heteroatoms. The largest absolute Gasteiger partial charge is 0.508 e. The van der Waals surface area contributed by atoms with Gasteiger partial charge in [0, 0.05) is 90.1 Å². The number of nitrogens with zero attached hydrogens (tertiary/aromatic N) is 1. The average molecular weight is 1100 g/mol. The Morgan fingerprint density at radius 1 is 0.901 bits per heavy atom. The highest BCUT2D eigenvalue weighted by atomic mass is 17.2. The van der Waals surface area contributed by atoms with E-state index in [2.05, 4.69) is 50.8 Å². The number of aryl methyl sites for hydroxylation is 2. The van der Waals surface area contributed by atoms with Crippen LogP contribution in [-0.4, -0.2) is 119 Å². The minimum atomic E-state index is -2.64. The summed E-state index contributed by atoms with van der Waals surface area (Å²) in [4.78, 5) is 46.3. The van der Waals surface area contributed by atoms with Gasteiger partial charge in [-0.3, -0.25) is 9.59 Å². The van der Waals surface area contributed by atoms with Gasteiger partial charge in [0.25, 0.3) is 0 Å². The number of aromatic amines is 1. The molecule has 424 valence electrons. The van der Waals surface area contributed by atoms with E-state index in [1.54, 1.807) is 6.92 Å². The molecule has 3 aromatic carbocycles. The Kier molecular flexibility index (Phi) is 12.6. The summed E-state index contributed by atoms with van der Waals surface area (Å²) in [6, 6.07) is 12.5. The highest BCUT2D eigenvalue weighted by Gasteiger charge is 2.71. The zero-order valence-electron chi connectivity index (χ0n) is 45.5. The van der Waals surface area contributed by atoms with Gasteiger partial charge in [-0.2, -0.15) is 0 Å². The van der Waals surface area contributed by atoms with Crippen molar-refractivity contribution in [2.45, 2.75) is 145 Å². The van der Waals surface area contributed by atoms with Crippen molar-refractivity contribution in [1.82, 2.24) is 20.2 Å². The van der Waals surface area contributed by atoms with E-state index in [1.807, 2.05) is 24.5 Å². The number of phenolic OH excluding ortho intramolecular Hbond substituents is 2. The molecule has 6 aromatic rings. The molecule has 7 heterocycles. The third-order valence-corrected chi connectivity index (χ3v) is 21.2. The van der Waals surface area contributed by atoms with Crippen LogP contribution in [0.5, 0.6) is 17.2 Å². The maximum atomic E-state index is 14.7.